The predicted molar refractivity (Wildman–Crippen MR) is 142 cm³/mol. The van der Waals surface area contributed by atoms with Gasteiger partial charge in [-0.05, 0) is 46.0 Å². The Morgan fingerprint density at radius 1 is 1.17 bits per heavy atom. The Bertz CT molecular complexity index is 999. The van der Waals surface area contributed by atoms with Gasteiger partial charge >= 0.3 is 0 Å². The highest BCUT2D eigenvalue weighted by atomic mass is 16.5. The lowest BCUT2D eigenvalue weighted by atomic mass is 9.91. The van der Waals surface area contributed by atoms with E-state index < -0.39 is 5.91 Å². The smallest absolute Gasteiger partial charge is 0.251 e. The number of Topliss-reactive ketones (excluding diaryl/α,β-unsaturated/α-hetero) is 1. The number of rotatable bonds is 5. The standard InChI is InChI=1S/C29H40N2O5/c1-7-17-30-27-23-15-10-14-22(35-5)13-8-11-19(2)21(4)26(36-6)16-9-12-20(3)29(34)31-24(28(23)33)18-25(27)32/h7,9,11-12,16,18,21-22,26,30H,1,8,10,13-15,17H2,2-6H3,(H,31,34)/b16-9-,19-11+,20-12+/t21-,22+,26-/m0/s1. The molecule has 0 aromatic rings. The molecule has 1 aliphatic carbocycles. The minimum Gasteiger partial charge on any atom is -0.381 e. The van der Waals surface area contributed by atoms with Crippen LogP contribution in [-0.2, 0) is 23.9 Å². The van der Waals surface area contributed by atoms with Gasteiger partial charge in [0.05, 0.1) is 23.6 Å². The molecule has 2 N–H and O–H groups in total. The summed E-state index contributed by atoms with van der Waals surface area (Å²) in [7, 11) is 3.36. The lowest BCUT2D eigenvalue weighted by molar-refractivity contribution is -0.120. The van der Waals surface area contributed by atoms with E-state index in [4.69, 9.17) is 9.47 Å². The summed E-state index contributed by atoms with van der Waals surface area (Å²) >= 11 is 0. The third kappa shape index (κ3) is 8.00. The van der Waals surface area contributed by atoms with Gasteiger partial charge in [-0.2, -0.15) is 0 Å². The maximum Gasteiger partial charge on any atom is 0.251 e. The largest absolute Gasteiger partial charge is 0.381 e. The van der Waals surface area contributed by atoms with Gasteiger partial charge in [0.25, 0.3) is 5.91 Å². The summed E-state index contributed by atoms with van der Waals surface area (Å²) in [6.07, 6.45) is 13.8. The summed E-state index contributed by atoms with van der Waals surface area (Å²) in [5.41, 5.74) is 2.27. The van der Waals surface area contributed by atoms with Crippen LogP contribution in [0, 0.1) is 5.92 Å². The number of ketones is 2. The van der Waals surface area contributed by atoms with Crippen LogP contribution in [0.1, 0.15) is 52.9 Å². The molecule has 1 heterocycles. The molecule has 0 aromatic carbocycles. The van der Waals surface area contributed by atoms with Crippen LogP contribution < -0.4 is 10.6 Å². The summed E-state index contributed by atoms with van der Waals surface area (Å²) in [6, 6.07) is 0. The maximum atomic E-state index is 13.3. The summed E-state index contributed by atoms with van der Waals surface area (Å²) in [4.78, 5) is 38.9. The summed E-state index contributed by atoms with van der Waals surface area (Å²) < 4.78 is 11.3. The molecule has 0 fully saturated rings. The molecule has 1 amide bonds. The molecule has 0 radical (unpaired) electrons. The number of allylic oxidation sites excluding steroid dienone is 5. The SMILES string of the molecule is C=CCNC1=C2CCC[C@H](OC)CC/C=C(\C)[C@H](C)[C@@H](OC)/C=C\C=C(/C)C(=O)NC(=CC1=O)C2=O. The Kier molecular flexibility index (Phi) is 11.8. The molecule has 36 heavy (non-hydrogen) atoms. The molecule has 0 aromatic heterocycles. The van der Waals surface area contributed by atoms with E-state index >= 15 is 0 Å². The van der Waals surface area contributed by atoms with Crippen LogP contribution in [0.15, 0.2) is 71.1 Å². The lowest BCUT2D eigenvalue weighted by Crippen LogP contribution is -2.35. The molecule has 2 bridgehead atoms. The monoisotopic (exact) mass is 496 g/mol. The second-order valence-corrected chi connectivity index (χ2v) is 9.23. The molecule has 0 spiro atoms. The highest BCUT2D eigenvalue weighted by Gasteiger charge is 2.29. The number of hydrogen-bond acceptors (Lipinski definition) is 6. The average Bonchev–Trinajstić information content (AvgIpc) is 2.86. The first-order valence-corrected chi connectivity index (χ1v) is 12.5. The molecule has 196 valence electrons. The van der Waals surface area contributed by atoms with E-state index in [9.17, 15) is 14.4 Å². The second-order valence-electron chi connectivity index (χ2n) is 9.23. The number of methoxy groups -OCH3 is 2. The van der Waals surface area contributed by atoms with Gasteiger partial charge in [-0.3, -0.25) is 14.4 Å². The number of hydrogen-bond donors (Lipinski definition) is 2. The number of ether oxygens (including phenoxy) is 2. The maximum absolute atomic E-state index is 13.3. The van der Waals surface area contributed by atoms with Gasteiger partial charge < -0.3 is 20.1 Å². The normalized spacial score (nSPS) is 28.9. The Labute approximate surface area is 215 Å². The van der Waals surface area contributed by atoms with E-state index in [0.29, 0.717) is 30.5 Å². The topological polar surface area (TPSA) is 93.7 Å². The Hall–Kier alpha value is -3.03. The lowest BCUT2D eigenvalue weighted by Gasteiger charge is -2.21. The number of nitrogens with one attached hydrogen (secondary N) is 2. The minimum absolute atomic E-state index is 0.00898. The van der Waals surface area contributed by atoms with Gasteiger partial charge in [0.15, 0.2) is 0 Å². The van der Waals surface area contributed by atoms with Crippen LogP contribution >= 0.6 is 0 Å². The predicted octanol–water partition coefficient (Wildman–Crippen LogP) is 4.25. The van der Waals surface area contributed by atoms with Crippen LogP contribution in [0.4, 0.5) is 0 Å². The highest BCUT2D eigenvalue weighted by molar-refractivity contribution is 6.23. The summed E-state index contributed by atoms with van der Waals surface area (Å²) in [5.74, 6) is -0.964. The molecular formula is C29H40N2O5. The highest BCUT2D eigenvalue weighted by Crippen LogP contribution is 2.24. The van der Waals surface area contributed by atoms with Crippen molar-refractivity contribution in [1.82, 2.24) is 10.6 Å². The van der Waals surface area contributed by atoms with Gasteiger partial charge in [-0.1, -0.05) is 42.9 Å². The van der Waals surface area contributed by atoms with Gasteiger partial charge in [0, 0.05) is 43.9 Å². The zero-order chi connectivity index (χ0) is 26.7. The Balaban J connectivity index is 2.41. The third-order valence-electron chi connectivity index (χ3n) is 6.74. The van der Waals surface area contributed by atoms with Crippen molar-refractivity contribution in [2.24, 2.45) is 5.92 Å². The van der Waals surface area contributed by atoms with Crippen molar-refractivity contribution in [1.29, 1.82) is 0 Å². The molecule has 3 atom stereocenters. The van der Waals surface area contributed by atoms with E-state index in [2.05, 4.69) is 37.1 Å². The average molecular weight is 497 g/mol. The fraction of sp³-hybridized carbons (Fsp3) is 0.483. The fourth-order valence-corrected chi connectivity index (χ4v) is 4.28. The number of carbonyl (C=O) groups excluding carboxylic acids is 3. The van der Waals surface area contributed by atoms with E-state index in [0.717, 1.165) is 19.3 Å². The second kappa shape index (κ2) is 14.5. The third-order valence-corrected chi connectivity index (χ3v) is 6.74. The minimum atomic E-state index is -0.440. The number of amides is 1. The molecule has 7 nitrogen and oxygen atoms in total. The van der Waals surface area contributed by atoms with Crippen LogP contribution in [-0.4, -0.2) is 50.4 Å². The van der Waals surface area contributed by atoms with Crippen LogP contribution in [0.25, 0.3) is 0 Å². The van der Waals surface area contributed by atoms with Crippen LogP contribution in [0.2, 0.25) is 0 Å². The van der Waals surface area contributed by atoms with Crippen molar-refractivity contribution in [3.8, 4) is 0 Å². The molecule has 2 rings (SSSR count). The van der Waals surface area contributed by atoms with Crippen molar-refractivity contribution >= 4 is 17.5 Å². The van der Waals surface area contributed by atoms with Gasteiger partial charge in [-0.15, -0.1) is 6.58 Å². The molecular weight excluding hydrogens is 456 g/mol. The Morgan fingerprint density at radius 2 is 1.92 bits per heavy atom. The number of fused-ring (bicyclic) bond motifs is 2. The number of carbonyl (C=O) groups is 3. The van der Waals surface area contributed by atoms with E-state index in [1.807, 2.05) is 6.08 Å². The van der Waals surface area contributed by atoms with Crippen LogP contribution in [0.3, 0.4) is 0 Å². The van der Waals surface area contributed by atoms with Crippen molar-refractivity contribution in [2.75, 3.05) is 20.8 Å². The van der Waals surface area contributed by atoms with Gasteiger partial charge in [-0.25, -0.2) is 0 Å². The molecule has 2 aliphatic rings. The van der Waals surface area contributed by atoms with Crippen molar-refractivity contribution in [3.63, 3.8) is 0 Å². The summed E-state index contributed by atoms with van der Waals surface area (Å²) in [6.45, 7) is 9.91. The van der Waals surface area contributed by atoms with Crippen LogP contribution in [0.5, 0.6) is 0 Å². The van der Waals surface area contributed by atoms with Gasteiger partial charge in [0.2, 0.25) is 11.6 Å². The molecule has 0 unspecified atom stereocenters. The Morgan fingerprint density at radius 3 is 2.58 bits per heavy atom. The van der Waals surface area contributed by atoms with E-state index in [1.54, 1.807) is 39.4 Å². The summed E-state index contributed by atoms with van der Waals surface area (Å²) in [5, 5.41) is 5.64. The van der Waals surface area contributed by atoms with Crippen molar-refractivity contribution in [3.05, 3.63) is 71.1 Å². The van der Waals surface area contributed by atoms with Crippen molar-refractivity contribution < 1.29 is 23.9 Å². The first-order chi connectivity index (χ1) is 17.2. The zero-order valence-electron chi connectivity index (χ0n) is 22.2. The first kappa shape index (κ1) is 29.2. The zero-order valence-corrected chi connectivity index (χ0v) is 22.2. The first-order valence-electron chi connectivity index (χ1n) is 12.5. The van der Waals surface area contributed by atoms with E-state index in [-0.39, 0.29) is 41.1 Å². The molecule has 7 heteroatoms. The molecule has 0 saturated carbocycles. The molecule has 0 saturated heterocycles. The van der Waals surface area contributed by atoms with Crippen molar-refractivity contribution in [2.45, 2.75) is 65.1 Å². The quantitative estimate of drug-likeness (QED) is 0.437. The van der Waals surface area contributed by atoms with E-state index in [1.165, 1.54) is 11.6 Å². The van der Waals surface area contributed by atoms with Gasteiger partial charge in [0.1, 0.15) is 0 Å². The fourth-order valence-electron chi connectivity index (χ4n) is 4.28. The molecule has 1 aliphatic heterocycles.